The molecule has 0 saturated carbocycles. The zero-order chi connectivity index (χ0) is 15.8. The lowest BCUT2D eigenvalue weighted by atomic mass is 10.1. The molecule has 122 valence electrons. The van der Waals surface area contributed by atoms with Crippen LogP contribution in [0.15, 0.2) is 18.2 Å². The minimum Gasteiger partial charge on any atom is -0.481 e. The van der Waals surface area contributed by atoms with Crippen molar-refractivity contribution in [2.75, 3.05) is 11.9 Å². The van der Waals surface area contributed by atoms with Crippen LogP contribution in [0.1, 0.15) is 32.3 Å². The summed E-state index contributed by atoms with van der Waals surface area (Å²) in [5.41, 5.74) is 1.10. The summed E-state index contributed by atoms with van der Waals surface area (Å²) in [5.74, 6) is -0.863. The van der Waals surface area contributed by atoms with Gasteiger partial charge in [0.25, 0.3) is 0 Å². The Morgan fingerprint density at radius 3 is 2.68 bits per heavy atom. The van der Waals surface area contributed by atoms with Crippen LogP contribution >= 0.6 is 24.0 Å². The maximum absolute atomic E-state index is 10.9. The van der Waals surface area contributed by atoms with E-state index in [4.69, 9.17) is 22.0 Å². The van der Waals surface area contributed by atoms with Crippen molar-refractivity contribution in [2.45, 2.75) is 38.8 Å². The first kappa shape index (κ1) is 20.5. The molecule has 0 aliphatic carbocycles. The molecule has 0 spiro atoms. The average Bonchev–Trinajstić information content (AvgIpc) is 2.44. The number of hydrogen-bond acceptors (Lipinski definition) is 4. The van der Waals surface area contributed by atoms with Crippen LogP contribution in [-0.4, -0.2) is 29.7 Å². The Morgan fingerprint density at radius 2 is 2.18 bits per heavy atom. The number of hydrogen-bond donors (Lipinski definition) is 3. The van der Waals surface area contributed by atoms with Crippen molar-refractivity contribution in [2.24, 2.45) is 0 Å². The molecule has 1 aromatic rings. The van der Waals surface area contributed by atoms with Crippen molar-refractivity contribution >= 4 is 35.7 Å². The topological polar surface area (TPSA) is 85.2 Å². The van der Waals surface area contributed by atoms with Crippen molar-refractivity contribution in [1.82, 2.24) is 5.32 Å². The van der Waals surface area contributed by atoms with Gasteiger partial charge in [-0.2, -0.15) is 5.26 Å². The van der Waals surface area contributed by atoms with Crippen molar-refractivity contribution in [3.8, 4) is 6.07 Å². The zero-order valence-electron chi connectivity index (χ0n) is 12.6. The smallest absolute Gasteiger partial charge is 0.305 e. The number of aliphatic carboxylic acids is 1. The van der Waals surface area contributed by atoms with Crippen molar-refractivity contribution in [3.05, 3.63) is 28.8 Å². The molecule has 1 aromatic carbocycles. The number of anilines is 1. The standard InChI is InChI=1S/C15H20ClN3O2.ClH/c1-3-10(2)18-9-13(7-15(20)21)19-12-5-4-11(8-17)14(16)6-12;/h4-6,10,13,18-19H,3,7,9H2,1-2H3,(H,20,21);1H/t10?,13-;/m0./s1. The summed E-state index contributed by atoms with van der Waals surface area (Å²) in [6.45, 7) is 4.66. The second-order valence-corrected chi connectivity index (χ2v) is 5.37. The molecule has 5 nitrogen and oxygen atoms in total. The molecule has 0 bridgehead atoms. The van der Waals surface area contributed by atoms with E-state index in [1.54, 1.807) is 18.2 Å². The summed E-state index contributed by atoms with van der Waals surface area (Å²) < 4.78 is 0. The first-order valence-corrected chi connectivity index (χ1v) is 7.25. The molecule has 1 rings (SSSR count). The van der Waals surface area contributed by atoms with E-state index in [0.29, 0.717) is 28.9 Å². The maximum atomic E-state index is 10.9. The Morgan fingerprint density at radius 1 is 1.50 bits per heavy atom. The lowest BCUT2D eigenvalue weighted by Gasteiger charge is -2.21. The van der Waals surface area contributed by atoms with Gasteiger partial charge in [0, 0.05) is 24.3 Å². The minimum absolute atomic E-state index is 0. The molecule has 0 aliphatic heterocycles. The number of carboxylic acids is 1. The molecule has 7 heteroatoms. The first-order valence-electron chi connectivity index (χ1n) is 6.87. The number of halogens is 2. The predicted molar refractivity (Wildman–Crippen MR) is 90.8 cm³/mol. The predicted octanol–water partition coefficient (Wildman–Crippen LogP) is 3.28. The molecule has 0 aliphatic rings. The SMILES string of the molecule is CCC(C)NC[C@H](CC(=O)O)Nc1ccc(C#N)c(Cl)c1.Cl. The molecule has 0 fully saturated rings. The minimum atomic E-state index is -0.863. The molecule has 0 amide bonds. The molecule has 0 radical (unpaired) electrons. The van der Waals surface area contributed by atoms with E-state index in [9.17, 15) is 4.79 Å². The van der Waals surface area contributed by atoms with Crippen molar-refractivity contribution in [3.63, 3.8) is 0 Å². The molecular weight excluding hydrogens is 325 g/mol. The summed E-state index contributed by atoms with van der Waals surface area (Å²) in [7, 11) is 0. The molecular formula is C15H21Cl2N3O2. The van der Waals surface area contributed by atoms with Gasteiger partial charge in [0.2, 0.25) is 0 Å². The Hall–Kier alpha value is -1.48. The summed E-state index contributed by atoms with van der Waals surface area (Å²) in [4.78, 5) is 10.9. The Bertz CT molecular complexity index is 532. The molecule has 3 N–H and O–H groups in total. The summed E-state index contributed by atoms with van der Waals surface area (Å²) >= 11 is 5.97. The number of rotatable bonds is 8. The van der Waals surface area contributed by atoms with Gasteiger partial charge in [0.15, 0.2) is 0 Å². The van der Waals surface area contributed by atoms with E-state index in [-0.39, 0.29) is 24.9 Å². The van der Waals surface area contributed by atoms with Crippen LogP contribution < -0.4 is 10.6 Å². The van der Waals surface area contributed by atoms with Crippen LogP contribution in [0.4, 0.5) is 5.69 Å². The van der Waals surface area contributed by atoms with Crippen molar-refractivity contribution in [1.29, 1.82) is 5.26 Å². The number of benzene rings is 1. The molecule has 22 heavy (non-hydrogen) atoms. The van der Waals surface area contributed by atoms with E-state index in [1.165, 1.54) is 0 Å². The molecule has 1 unspecified atom stereocenters. The lowest BCUT2D eigenvalue weighted by molar-refractivity contribution is -0.137. The van der Waals surface area contributed by atoms with Crippen LogP contribution in [0.2, 0.25) is 5.02 Å². The third-order valence-corrected chi connectivity index (χ3v) is 3.52. The largest absolute Gasteiger partial charge is 0.481 e. The normalized spacial score (nSPS) is 12.6. The Balaban J connectivity index is 0.00000441. The van der Waals surface area contributed by atoms with E-state index in [1.807, 2.05) is 6.07 Å². The summed E-state index contributed by atoms with van der Waals surface area (Å²) in [6, 6.07) is 7.04. The van der Waals surface area contributed by atoms with Crippen molar-refractivity contribution < 1.29 is 9.90 Å². The van der Waals surface area contributed by atoms with E-state index < -0.39 is 5.97 Å². The van der Waals surface area contributed by atoms with Gasteiger partial charge in [-0.15, -0.1) is 12.4 Å². The second-order valence-electron chi connectivity index (χ2n) is 4.96. The van der Waals surface area contributed by atoms with E-state index >= 15 is 0 Å². The van der Waals surface area contributed by atoms with Gasteiger partial charge >= 0.3 is 5.97 Å². The Labute approximate surface area is 142 Å². The van der Waals surface area contributed by atoms with Gasteiger partial charge in [-0.1, -0.05) is 18.5 Å². The maximum Gasteiger partial charge on any atom is 0.305 e. The van der Waals surface area contributed by atoms with Gasteiger partial charge < -0.3 is 15.7 Å². The highest BCUT2D eigenvalue weighted by Crippen LogP contribution is 2.21. The van der Waals surface area contributed by atoms with Gasteiger partial charge in [-0.25, -0.2) is 0 Å². The highest BCUT2D eigenvalue weighted by molar-refractivity contribution is 6.32. The zero-order valence-corrected chi connectivity index (χ0v) is 14.2. The second kappa shape index (κ2) is 10.3. The van der Waals surface area contributed by atoms with E-state index in [2.05, 4.69) is 24.5 Å². The van der Waals surface area contributed by atoms with Crippen LogP contribution in [0.5, 0.6) is 0 Å². The van der Waals surface area contributed by atoms with Gasteiger partial charge in [0.1, 0.15) is 6.07 Å². The third kappa shape index (κ3) is 6.99. The lowest BCUT2D eigenvalue weighted by Crippen LogP contribution is -2.38. The van der Waals surface area contributed by atoms with Gasteiger partial charge in [0.05, 0.1) is 17.0 Å². The first-order chi connectivity index (χ1) is 9.96. The highest BCUT2D eigenvalue weighted by Gasteiger charge is 2.14. The highest BCUT2D eigenvalue weighted by atomic mass is 35.5. The number of nitrogens with one attached hydrogen (secondary N) is 2. The van der Waals surface area contributed by atoms with Gasteiger partial charge in [-0.3, -0.25) is 4.79 Å². The molecule has 0 aromatic heterocycles. The summed E-state index contributed by atoms with van der Waals surface area (Å²) in [5, 5.41) is 24.6. The fraction of sp³-hybridized carbons (Fsp3) is 0.467. The summed E-state index contributed by atoms with van der Waals surface area (Å²) in [6.07, 6.45) is 0.976. The molecule has 0 heterocycles. The molecule has 0 saturated heterocycles. The van der Waals surface area contributed by atoms with E-state index in [0.717, 1.165) is 6.42 Å². The average molecular weight is 346 g/mol. The quantitative estimate of drug-likeness (QED) is 0.673. The number of nitrogens with zero attached hydrogens (tertiary/aromatic N) is 1. The third-order valence-electron chi connectivity index (χ3n) is 3.21. The fourth-order valence-electron chi connectivity index (χ4n) is 1.80. The van der Waals surface area contributed by atoms with Crippen LogP contribution in [0.25, 0.3) is 0 Å². The van der Waals surface area contributed by atoms with Gasteiger partial charge in [-0.05, 0) is 31.5 Å². The number of carbonyl (C=O) groups is 1. The molecule has 2 atom stereocenters. The van der Waals surface area contributed by atoms with Crippen LogP contribution in [0.3, 0.4) is 0 Å². The van der Waals surface area contributed by atoms with Crippen LogP contribution in [-0.2, 0) is 4.79 Å². The number of nitriles is 1. The monoisotopic (exact) mass is 345 g/mol. The number of carboxylic acid groups (broad SMARTS) is 1. The van der Waals surface area contributed by atoms with Crippen LogP contribution in [0, 0.1) is 11.3 Å². The Kier molecular flexibility index (Phi) is 9.59. The fourth-order valence-corrected chi connectivity index (χ4v) is 2.03.